The molecule has 1 heterocycles. The van der Waals surface area contributed by atoms with Crippen LogP contribution in [0.3, 0.4) is 0 Å². The first-order chi connectivity index (χ1) is 9.74. The summed E-state index contributed by atoms with van der Waals surface area (Å²) < 4.78 is 0. The van der Waals surface area contributed by atoms with E-state index in [-0.39, 0.29) is 5.91 Å². The molecule has 3 rings (SSSR count). The second kappa shape index (κ2) is 5.66. The number of likely N-dealkylation sites (tertiary alicyclic amines) is 1. The van der Waals surface area contributed by atoms with Crippen LogP contribution in [-0.4, -0.2) is 23.9 Å². The second-order valence-corrected chi connectivity index (χ2v) is 5.88. The zero-order chi connectivity index (χ0) is 13.9. The van der Waals surface area contributed by atoms with E-state index >= 15 is 0 Å². The van der Waals surface area contributed by atoms with Gasteiger partial charge in [0.05, 0.1) is 6.42 Å². The summed E-state index contributed by atoms with van der Waals surface area (Å²) in [6.07, 6.45) is 2.80. The van der Waals surface area contributed by atoms with Crippen LogP contribution in [0.4, 0.5) is 0 Å². The number of amides is 1. The van der Waals surface area contributed by atoms with E-state index in [1.54, 1.807) is 0 Å². The van der Waals surface area contributed by atoms with Crippen LogP contribution in [0.5, 0.6) is 0 Å². The van der Waals surface area contributed by atoms with Crippen molar-refractivity contribution in [2.24, 2.45) is 5.92 Å². The van der Waals surface area contributed by atoms with Gasteiger partial charge >= 0.3 is 0 Å². The van der Waals surface area contributed by atoms with E-state index in [0.717, 1.165) is 37.4 Å². The first-order valence-corrected chi connectivity index (χ1v) is 7.48. The molecule has 0 saturated carbocycles. The standard InChI is InChI=1S/C18H21NO/c1-14-9-11-19(12-10-14)18(20)13-16-7-4-6-15-5-2-3-8-17(15)16/h2-8,14H,9-13H2,1H3. The Kier molecular flexibility index (Phi) is 3.72. The molecule has 1 amide bonds. The highest BCUT2D eigenvalue weighted by atomic mass is 16.2. The number of carbonyl (C=O) groups is 1. The number of hydrogen-bond acceptors (Lipinski definition) is 1. The van der Waals surface area contributed by atoms with Crippen molar-refractivity contribution in [1.82, 2.24) is 4.90 Å². The summed E-state index contributed by atoms with van der Waals surface area (Å²) in [5.74, 6) is 1.03. The Morgan fingerprint density at radius 3 is 2.60 bits per heavy atom. The quantitative estimate of drug-likeness (QED) is 0.813. The number of piperidine rings is 1. The molecule has 2 aromatic rings. The van der Waals surface area contributed by atoms with Crippen molar-refractivity contribution in [1.29, 1.82) is 0 Å². The molecule has 0 aliphatic carbocycles. The maximum Gasteiger partial charge on any atom is 0.227 e. The third kappa shape index (κ3) is 2.69. The van der Waals surface area contributed by atoms with E-state index < -0.39 is 0 Å². The van der Waals surface area contributed by atoms with Gasteiger partial charge in [0, 0.05) is 13.1 Å². The fourth-order valence-corrected chi connectivity index (χ4v) is 2.98. The largest absolute Gasteiger partial charge is 0.342 e. The number of nitrogens with zero attached hydrogens (tertiary/aromatic N) is 1. The van der Waals surface area contributed by atoms with Gasteiger partial charge in [-0.2, -0.15) is 0 Å². The van der Waals surface area contributed by atoms with Gasteiger partial charge in [-0.1, -0.05) is 49.4 Å². The van der Waals surface area contributed by atoms with Crippen LogP contribution < -0.4 is 0 Å². The SMILES string of the molecule is CC1CCN(C(=O)Cc2cccc3ccccc23)CC1. The van der Waals surface area contributed by atoms with Crippen molar-refractivity contribution in [2.45, 2.75) is 26.2 Å². The number of benzene rings is 2. The fraction of sp³-hybridized carbons (Fsp3) is 0.389. The number of rotatable bonds is 2. The van der Waals surface area contributed by atoms with Crippen molar-refractivity contribution in [3.8, 4) is 0 Å². The topological polar surface area (TPSA) is 20.3 Å². The van der Waals surface area contributed by atoms with E-state index in [0.29, 0.717) is 6.42 Å². The molecule has 104 valence electrons. The monoisotopic (exact) mass is 267 g/mol. The Labute approximate surface area is 120 Å². The number of carbonyl (C=O) groups excluding carboxylic acids is 1. The summed E-state index contributed by atoms with van der Waals surface area (Å²) >= 11 is 0. The molecule has 2 heteroatoms. The fourth-order valence-electron chi connectivity index (χ4n) is 2.98. The van der Waals surface area contributed by atoms with Gasteiger partial charge in [-0.25, -0.2) is 0 Å². The van der Waals surface area contributed by atoms with Gasteiger partial charge in [0.15, 0.2) is 0 Å². The zero-order valence-corrected chi connectivity index (χ0v) is 12.0. The summed E-state index contributed by atoms with van der Waals surface area (Å²) in [6.45, 7) is 4.11. The Hall–Kier alpha value is -1.83. The van der Waals surface area contributed by atoms with E-state index in [1.165, 1.54) is 10.8 Å². The van der Waals surface area contributed by atoms with Gasteiger partial charge in [0.1, 0.15) is 0 Å². The van der Waals surface area contributed by atoms with E-state index in [9.17, 15) is 4.79 Å². The lowest BCUT2D eigenvalue weighted by Gasteiger charge is -2.30. The summed E-state index contributed by atoms with van der Waals surface area (Å²) in [4.78, 5) is 14.5. The van der Waals surface area contributed by atoms with Gasteiger partial charge in [-0.15, -0.1) is 0 Å². The van der Waals surface area contributed by atoms with Gasteiger partial charge < -0.3 is 4.90 Å². The van der Waals surface area contributed by atoms with E-state index in [1.807, 2.05) is 23.1 Å². The van der Waals surface area contributed by atoms with Crippen molar-refractivity contribution in [3.05, 3.63) is 48.0 Å². The smallest absolute Gasteiger partial charge is 0.227 e. The Bertz CT molecular complexity index is 606. The lowest BCUT2D eigenvalue weighted by molar-refractivity contribution is -0.131. The van der Waals surface area contributed by atoms with Crippen molar-refractivity contribution in [2.75, 3.05) is 13.1 Å². The second-order valence-electron chi connectivity index (χ2n) is 5.88. The minimum Gasteiger partial charge on any atom is -0.342 e. The molecule has 1 aliphatic rings. The highest BCUT2D eigenvalue weighted by Crippen LogP contribution is 2.21. The van der Waals surface area contributed by atoms with Gasteiger partial charge in [-0.3, -0.25) is 4.79 Å². The summed E-state index contributed by atoms with van der Waals surface area (Å²) in [5.41, 5.74) is 1.15. The normalized spacial score (nSPS) is 16.6. The van der Waals surface area contributed by atoms with Gasteiger partial charge in [0.25, 0.3) is 0 Å². The van der Waals surface area contributed by atoms with Gasteiger partial charge in [0.2, 0.25) is 5.91 Å². The summed E-state index contributed by atoms with van der Waals surface area (Å²) in [5, 5.41) is 2.42. The molecule has 0 radical (unpaired) electrons. The lowest BCUT2D eigenvalue weighted by Crippen LogP contribution is -2.38. The highest BCUT2D eigenvalue weighted by molar-refractivity contribution is 5.90. The van der Waals surface area contributed by atoms with Crippen LogP contribution in [0.25, 0.3) is 10.8 Å². The first-order valence-electron chi connectivity index (χ1n) is 7.48. The molecule has 1 saturated heterocycles. The van der Waals surface area contributed by atoms with Crippen LogP contribution in [0.2, 0.25) is 0 Å². The van der Waals surface area contributed by atoms with E-state index in [2.05, 4.69) is 31.2 Å². The maximum atomic E-state index is 12.4. The van der Waals surface area contributed by atoms with E-state index in [4.69, 9.17) is 0 Å². The molecule has 0 bridgehead atoms. The molecule has 2 nitrogen and oxygen atoms in total. The van der Waals surface area contributed by atoms with Crippen molar-refractivity contribution in [3.63, 3.8) is 0 Å². The molecule has 0 aromatic heterocycles. The maximum absolute atomic E-state index is 12.4. The molecule has 0 spiro atoms. The third-order valence-corrected chi connectivity index (χ3v) is 4.36. The molecular weight excluding hydrogens is 246 g/mol. The van der Waals surface area contributed by atoms with Gasteiger partial charge in [-0.05, 0) is 35.1 Å². The average molecular weight is 267 g/mol. The molecule has 0 unspecified atom stereocenters. The lowest BCUT2D eigenvalue weighted by atomic mass is 9.97. The average Bonchev–Trinajstić information content (AvgIpc) is 2.48. The first kappa shape index (κ1) is 13.2. The Morgan fingerprint density at radius 1 is 1.10 bits per heavy atom. The van der Waals surface area contributed by atoms with Crippen LogP contribution >= 0.6 is 0 Å². The molecular formula is C18H21NO. The summed E-state index contributed by atoms with van der Waals surface area (Å²) in [6, 6.07) is 14.5. The van der Waals surface area contributed by atoms with Crippen molar-refractivity contribution >= 4 is 16.7 Å². The number of fused-ring (bicyclic) bond motifs is 1. The summed E-state index contributed by atoms with van der Waals surface area (Å²) in [7, 11) is 0. The van der Waals surface area contributed by atoms with Crippen LogP contribution in [0.1, 0.15) is 25.3 Å². The van der Waals surface area contributed by atoms with Crippen LogP contribution in [0, 0.1) is 5.92 Å². The molecule has 0 N–H and O–H groups in total. The minimum absolute atomic E-state index is 0.272. The van der Waals surface area contributed by atoms with Crippen LogP contribution in [0.15, 0.2) is 42.5 Å². The molecule has 1 aliphatic heterocycles. The molecule has 2 aromatic carbocycles. The Balaban J connectivity index is 1.77. The number of hydrogen-bond donors (Lipinski definition) is 0. The van der Waals surface area contributed by atoms with Crippen LogP contribution in [-0.2, 0) is 11.2 Å². The predicted molar refractivity (Wildman–Crippen MR) is 82.6 cm³/mol. The zero-order valence-electron chi connectivity index (χ0n) is 12.0. The predicted octanol–water partition coefficient (Wildman–Crippen LogP) is 3.64. The van der Waals surface area contributed by atoms with Crippen molar-refractivity contribution < 1.29 is 4.79 Å². The molecule has 0 atom stereocenters. The highest BCUT2D eigenvalue weighted by Gasteiger charge is 2.20. The minimum atomic E-state index is 0.272. The molecule has 20 heavy (non-hydrogen) atoms. The molecule has 1 fully saturated rings. The Morgan fingerprint density at radius 2 is 1.80 bits per heavy atom. The third-order valence-electron chi connectivity index (χ3n) is 4.36.